The topological polar surface area (TPSA) is 144 Å². The molecule has 1 unspecified atom stereocenters. The summed E-state index contributed by atoms with van der Waals surface area (Å²) in [6.07, 6.45) is 3.97. The van der Waals surface area contributed by atoms with E-state index in [2.05, 4.69) is 17.6 Å². The van der Waals surface area contributed by atoms with Gasteiger partial charge >= 0.3 is 0 Å². The lowest BCUT2D eigenvalue weighted by Gasteiger charge is -2.21. The summed E-state index contributed by atoms with van der Waals surface area (Å²) in [6, 6.07) is 1.81. The van der Waals surface area contributed by atoms with Crippen molar-refractivity contribution in [2.24, 2.45) is 5.92 Å². The van der Waals surface area contributed by atoms with Crippen LogP contribution in [0.2, 0.25) is 0 Å². The largest absolute Gasteiger partial charge is 0.354 e. The van der Waals surface area contributed by atoms with E-state index in [1.54, 1.807) is 13.8 Å². The highest BCUT2D eigenvalue weighted by molar-refractivity contribution is 5.98. The third kappa shape index (κ3) is 6.93. The van der Waals surface area contributed by atoms with Gasteiger partial charge in [-0.3, -0.25) is 29.8 Å². The fraction of sp³-hybridized carbons (Fsp3) is 0.556. The van der Waals surface area contributed by atoms with E-state index < -0.39 is 33.2 Å². The number of nitrogens with one attached hydrogen (secondary N) is 2. The van der Waals surface area contributed by atoms with Crippen LogP contribution in [0.4, 0.5) is 11.4 Å². The van der Waals surface area contributed by atoms with Gasteiger partial charge in [0.25, 0.3) is 17.3 Å². The van der Waals surface area contributed by atoms with Crippen molar-refractivity contribution >= 4 is 23.2 Å². The number of hydrogen-bond acceptors (Lipinski definition) is 6. The van der Waals surface area contributed by atoms with E-state index >= 15 is 0 Å². The Morgan fingerprint density at radius 1 is 1.00 bits per heavy atom. The first-order chi connectivity index (χ1) is 13.2. The molecule has 2 N–H and O–H groups in total. The van der Waals surface area contributed by atoms with Gasteiger partial charge < -0.3 is 10.6 Å². The predicted molar refractivity (Wildman–Crippen MR) is 103 cm³/mol. The van der Waals surface area contributed by atoms with Crippen molar-refractivity contribution in [3.05, 3.63) is 44.0 Å². The molecule has 1 aromatic carbocycles. The maximum absolute atomic E-state index is 12.5. The first-order valence-electron chi connectivity index (χ1n) is 9.19. The molecule has 0 aliphatic rings. The van der Waals surface area contributed by atoms with Crippen molar-refractivity contribution in [2.75, 3.05) is 6.54 Å². The van der Waals surface area contributed by atoms with E-state index in [-0.39, 0.29) is 17.4 Å². The Labute approximate surface area is 163 Å². The van der Waals surface area contributed by atoms with Gasteiger partial charge in [0.2, 0.25) is 5.91 Å². The molecule has 0 aliphatic heterocycles. The monoisotopic (exact) mass is 394 g/mol. The number of nitrogens with zero attached hydrogens (tertiary/aromatic N) is 2. The second-order valence-corrected chi connectivity index (χ2v) is 6.80. The summed E-state index contributed by atoms with van der Waals surface area (Å²) in [6.45, 7) is 6.07. The van der Waals surface area contributed by atoms with Gasteiger partial charge in [0.1, 0.15) is 6.04 Å². The number of unbranched alkanes of at least 4 members (excludes halogenated alkanes) is 3. The Morgan fingerprint density at radius 2 is 1.57 bits per heavy atom. The van der Waals surface area contributed by atoms with Crippen LogP contribution in [0.1, 0.15) is 56.8 Å². The lowest BCUT2D eigenvalue weighted by atomic mass is 10.0. The Kier molecular flexibility index (Phi) is 9.00. The SMILES string of the molecule is CCCCCCNC(=O)C(NC(=O)c1cc([N+](=O)[O-])cc([N+](=O)[O-])c1)C(C)C. The molecule has 0 heterocycles. The molecule has 0 fully saturated rings. The third-order valence-corrected chi connectivity index (χ3v) is 4.15. The molecule has 0 spiro atoms. The minimum atomic E-state index is -0.864. The van der Waals surface area contributed by atoms with Gasteiger partial charge in [-0.15, -0.1) is 0 Å². The van der Waals surface area contributed by atoms with E-state index in [9.17, 15) is 29.8 Å². The van der Waals surface area contributed by atoms with Crippen LogP contribution in [0.3, 0.4) is 0 Å². The maximum atomic E-state index is 12.5. The summed E-state index contributed by atoms with van der Waals surface area (Å²) in [4.78, 5) is 45.2. The highest BCUT2D eigenvalue weighted by Crippen LogP contribution is 2.23. The normalized spacial score (nSPS) is 11.7. The van der Waals surface area contributed by atoms with Crippen molar-refractivity contribution in [1.82, 2.24) is 10.6 Å². The molecule has 2 amide bonds. The first kappa shape index (κ1) is 23.0. The molecule has 0 saturated heterocycles. The zero-order chi connectivity index (χ0) is 21.3. The van der Waals surface area contributed by atoms with Crippen LogP contribution in [0.5, 0.6) is 0 Å². The van der Waals surface area contributed by atoms with Crippen LogP contribution in [-0.2, 0) is 4.79 Å². The van der Waals surface area contributed by atoms with E-state index in [0.29, 0.717) is 6.54 Å². The quantitative estimate of drug-likeness (QED) is 0.335. The van der Waals surface area contributed by atoms with Crippen LogP contribution < -0.4 is 10.6 Å². The van der Waals surface area contributed by atoms with E-state index in [0.717, 1.165) is 43.9 Å². The predicted octanol–water partition coefficient (Wildman–Crippen LogP) is 2.95. The van der Waals surface area contributed by atoms with Crippen LogP contribution in [0.15, 0.2) is 18.2 Å². The van der Waals surface area contributed by atoms with Crippen LogP contribution in [0, 0.1) is 26.1 Å². The highest BCUT2D eigenvalue weighted by Gasteiger charge is 2.26. The van der Waals surface area contributed by atoms with Crippen molar-refractivity contribution in [2.45, 2.75) is 52.5 Å². The number of amides is 2. The number of benzene rings is 1. The minimum absolute atomic E-state index is 0.242. The molecule has 1 atom stereocenters. The summed E-state index contributed by atoms with van der Waals surface area (Å²) < 4.78 is 0. The van der Waals surface area contributed by atoms with E-state index in [1.807, 2.05) is 0 Å². The zero-order valence-corrected chi connectivity index (χ0v) is 16.3. The Hall–Kier alpha value is -3.04. The maximum Gasteiger partial charge on any atom is 0.277 e. The summed E-state index contributed by atoms with van der Waals surface area (Å²) in [5.74, 6) is -1.39. The Balaban J connectivity index is 2.90. The zero-order valence-electron chi connectivity index (χ0n) is 16.3. The molecule has 0 radical (unpaired) electrons. The minimum Gasteiger partial charge on any atom is -0.354 e. The second-order valence-electron chi connectivity index (χ2n) is 6.80. The molecule has 1 rings (SSSR count). The number of carbonyl (C=O) groups is 2. The summed E-state index contributed by atoms with van der Waals surface area (Å²) >= 11 is 0. The second kappa shape index (κ2) is 11.0. The molecular formula is C18H26N4O6. The highest BCUT2D eigenvalue weighted by atomic mass is 16.6. The van der Waals surface area contributed by atoms with Gasteiger partial charge in [-0.2, -0.15) is 0 Å². The molecule has 154 valence electrons. The summed E-state index contributed by atoms with van der Waals surface area (Å²) in [5, 5.41) is 27.2. The number of non-ortho nitro benzene ring substituents is 2. The number of carbonyl (C=O) groups excluding carboxylic acids is 2. The van der Waals surface area contributed by atoms with Crippen LogP contribution in [0.25, 0.3) is 0 Å². The van der Waals surface area contributed by atoms with Gasteiger partial charge in [-0.25, -0.2) is 0 Å². The molecule has 1 aromatic rings. The van der Waals surface area contributed by atoms with Crippen molar-refractivity contribution in [1.29, 1.82) is 0 Å². The molecular weight excluding hydrogens is 368 g/mol. The lowest BCUT2D eigenvalue weighted by Crippen LogP contribution is -2.49. The average Bonchev–Trinajstić information content (AvgIpc) is 2.64. The fourth-order valence-electron chi connectivity index (χ4n) is 2.57. The van der Waals surface area contributed by atoms with Gasteiger partial charge in [0, 0.05) is 18.7 Å². The standard InChI is InChI=1S/C18H26N4O6/c1-4-5-6-7-8-19-18(24)16(12(2)3)20-17(23)13-9-14(21(25)26)11-15(10-13)22(27)28/h9-12,16H,4-8H2,1-3H3,(H,19,24)(H,20,23). The van der Waals surface area contributed by atoms with E-state index in [4.69, 9.17) is 0 Å². The third-order valence-electron chi connectivity index (χ3n) is 4.15. The molecule has 10 heteroatoms. The van der Waals surface area contributed by atoms with Gasteiger partial charge in [-0.1, -0.05) is 40.0 Å². The molecule has 0 aromatic heterocycles. The van der Waals surface area contributed by atoms with Crippen molar-refractivity contribution < 1.29 is 19.4 Å². The van der Waals surface area contributed by atoms with Gasteiger partial charge in [-0.05, 0) is 12.3 Å². The molecule has 0 saturated carbocycles. The molecule has 28 heavy (non-hydrogen) atoms. The van der Waals surface area contributed by atoms with Gasteiger partial charge in [0.15, 0.2) is 0 Å². The number of nitro groups is 2. The summed E-state index contributed by atoms with van der Waals surface area (Å²) in [5.41, 5.74) is -1.39. The molecule has 10 nitrogen and oxygen atoms in total. The molecule has 0 bridgehead atoms. The first-order valence-corrected chi connectivity index (χ1v) is 9.19. The van der Waals surface area contributed by atoms with Crippen molar-refractivity contribution in [3.8, 4) is 0 Å². The number of rotatable bonds is 11. The van der Waals surface area contributed by atoms with Crippen LogP contribution in [-0.4, -0.2) is 34.2 Å². The number of hydrogen-bond donors (Lipinski definition) is 2. The van der Waals surface area contributed by atoms with Gasteiger partial charge in [0.05, 0.1) is 21.5 Å². The Bertz CT molecular complexity index is 703. The fourth-order valence-corrected chi connectivity index (χ4v) is 2.57. The lowest BCUT2D eigenvalue weighted by molar-refractivity contribution is -0.394. The average molecular weight is 394 g/mol. The molecule has 0 aliphatic carbocycles. The Morgan fingerprint density at radius 3 is 2.04 bits per heavy atom. The van der Waals surface area contributed by atoms with Crippen molar-refractivity contribution in [3.63, 3.8) is 0 Å². The van der Waals surface area contributed by atoms with E-state index in [1.165, 1.54) is 0 Å². The smallest absolute Gasteiger partial charge is 0.277 e. The summed E-state index contributed by atoms with van der Waals surface area (Å²) in [7, 11) is 0. The van der Waals surface area contributed by atoms with Crippen LogP contribution >= 0.6 is 0 Å². The number of nitro benzene ring substituents is 2.